The number of fused-ring (bicyclic) bond motifs is 2. The van der Waals surface area contributed by atoms with E-state index in [1.54, 1.807) is 0 Å². The van der Waals surface area contributed by atoms with Gasteiger partial charge < -0.3 is 0 Å². The summed E-state index contributed by atoms with van der Waals surface area (Å²) in [5.74, 6) is 0. The molecule has 0 amide bonds. The van der Waals surface area contributed by atoms with Crippen LogP contribution >= 0.6 is 30.0 Å². The number of hydrogen-bond acceptors (Lipinski definition) is 11. The van der Waals surface area contributed by atoms with E-state index in [1.165, 1.54) is 0 Å². The van der Waals surface area contributed by atoms with E-state index in [4.69, 9.17) is 18.1 Å². The lowest BCUT2D eigenvalue weighted by Crippen LogP contribution is -2.34. The minimum Gasteiger partial charge on any atom is -0.256 e. The van der Waals surface area contributed by atoms with Gasteiger partial charge in [-0.1, -0.05) is 0 Å². The van der Waals surface area contributed by atoms with Gasteiger partial charge in [-0.05, 0) is 77.5 Å². The number of hydrogen-bond donors (Lipinski definition) is 1. The molecule has 15 heteroatoms. The van der Waals surface area contributed by atoms with Crippen molar-refractivity contribution in [3.8, 4) is 0 Å². The first-order valence-corrected chi connectivity index (χ1v) is 15.1. The van der Waals surface area contributed by atoms with Crippen molar-refractivity contribution in [2.24, 2.45) is 18.1 Å². The molecule has 0 aromatic rings. The molecule has 2 atom stereocenters. The van der Waals surface area contributed by atoms with Crippen molar-refractivity contribution in [2.75, 3.05) is 84.6 Å². The SMILES string of the molecule is CNP12=NP(N(C)C)(N(C)C)=NP(N(C)C)(=NP(N(C)C)(N(C)C)=N1)N2C. The molecule has 1 N–H and O–H groups in total. The minimum absolute atomic E-state index is 1.97. The Bertz CT molecular complexity index is 772. The predicted molar refractivity (Wildman–Crippen MR) is 123 cm³/mol. The molecule has 2 aliphatic heterocycles. The molecular weight excluding hydrogens is 422 g/mol. The van der Waals surface area contributed by atoms with Crippen LogP contribution < -0.4 is 5.09 Å². The van der Waals surface area contributed by atoms with Crippen molar-refractivity contribution in [3.05, 3.63) is 0 Å². The normalized spacial score (nSPS) is 32.5. The topological polar surface area (TPSA) is 80.9 Å². The smallest absolute Gasteiger partial charge is 0.227 e. The molecule has 0 aromatic carbocycles. The quantitative estimate of drug-likeness (QED) is 0.606. The Balaban J connectivity index is 3.16. The second-order valence-electron chi connectivity index (χ2n) is 7.49. The Morgan fingerprint density at radius 1 is 0.593 bits per heavy atom. The highest BCUT2D eigenvalue weighted by Gasteiger charge is 2.53. The molecular formula is C12H37N11P4. The number of nitrogens with zero attached hydrogens (tertiary/aromatic N) is 10. The molecule has 0 fully saturated rings. The lowest BCUT2D eigenvalue weighted by Gasteiger charge is -2.52. The van der Waals surface area contributed by atoms with E-state index in [2.05, 4.69) is 110 Å². The van der Waals surface area contributed by atoms with Gasteiger partial charge in [-0.3, -0.25) is 5.09 Å². The largest absolute Gasteiger partial charge is 0.256 e. The lowest BCUT2D eigenvalue weighted by molar-refractivity contribution is 0.546. The van der Waals surface area contributed by atoms with Crippen LogP contribution in [-0.2, 0) is 0 Å². The molecule has 27 heavy (non-hydrogen) atoms. The third kappa shape index (κ3) is 3.34. The van der Waals surface area contributed by atoms with Crippen LogP contribution in [0.4, 0.5) is 0 Å². The highest BCUT2D eigenvalue weighted by Crippen LogP contribution is 2.89. The van der Waals surface area contributed by atoms with E-state index in [9.17, 15) is 0 Å². The number of rotatable bonds is 6. The van der Waals surface area contributed by atoms with E-state index in [1.807, 2.05) is 7.05 Å². The third-order valence-electron chi connectivity index (χ3n) is 4.74. The highest BCUT2D eigenvalue weighted by molar-refractivity contribution is 7.91. The monoisotopic (exact) mass is 459 g/mol. The molecule has 11 nitrogen and oxygen atoms in total. The molecule has 2 rings (SSSR count). The first-order chi connectivity index (χ1) is 12.3. The molecule has 0 spiro atoms. The average Bonchev–Trinajstić information content (AvgIpc) is 2.54. The van der Waals surface area contributed by atoms with E-state index in [0.717, 1.165) is 0 Å². The van der Waals surface area contributed by atoms with Gasteiger partial charge in [0.2, 0.25) is 30.0 Å². The summed E-state index contributed by atoms with van der Waals surface area (Å²) in [4.78, 5) is 0. The molecule has 2 aliphatic rings. The molecule has 0 saturated carbocycles. The summed E-state index contributed by atoms with van der Waals surface area (Å²) in [6, 6.07) is 0. The Morgan fingerprint density at radius 2 is 1.00 bits per heavy atom. The Hall–Kier alpha value is 0.640. The Kier molecular flexibility index (Phi) is 6.83. The van der Waals surface area contributed by atoms with Crippen LogP contribution in [0, 0.1) is 0 Å². The maximum Gasteiger partial charge on any atom is 0.227 e. The van der Waals surface area contributed by atoms with Crippen molar-refractivity contribution in [2.45, 2.75) is 0 Å². The molecule has 0 radical (unpaired) electrons. The Labute approximate surface area is 165 Å². The zero-order valence-electron chi connectivity index (χ0n) is 18.8. The summed E-state index contributed by atoms with van der Waals surface area (Å²) in [7, 11) is 15.3. The van der Waals surface area contributed by atoms with E-state index in [-0.39, 0.29) is 0 Å². The molecule has 2 heterocycles. The summed E-state index contributed by atoms with van der Waals surface area (Å²) in [6.45, 7) is 0. The van der Waals surface area contributed by atoms with Crippen LogP contribution in [0.1, 0.15) is 0 Å². The van der Waals surface area contributed by atoms with Crippen LogP contribution in [0.2, 0.25) is 0 Å². The fraction of sp³-hybridized carbons (Fsp3) is 1.00. The average molecular weight is 459 g/mol. The van der Waals surface area contributed by atoms with E-state index in [0.29, 0.717) is 0 Å². The van der Waals surface area contributed by atoms with Gasteiger partial charge in [0.05, 0.1) is 0 Å². The standard InChI is InChI=1S/C12H37N11P4/c1-13-24-14-25(18(2)3,19(4)5)16-27(22(10)11,23(24)12)17-26(15-24,20(6)7)21(8)9/h13H,1-12H3. The first kappa shape index (κ1) is 23.9. The van der Waals surface area contributed by atoms with Gasteiger partial charge in [0.1, 0.15) is 0 Å². The summed E-state index contributed by atoms with van der Waals surface area (Å²) in [5, 5.41) is 3.54. The van der Waals surface area contributed by atoms with E-state index >= 15 is 0 Å². The molecule has 160 valence electrons. The van der Waals surface area contributed by atoms with Crippen LogP contribution in [0.25, 0.3) is 0 Å². The summed E-state index contributed by atoms with van der Waals surface area (Å²) < 4.78 is 34.9. The van der Waals surface area contributed by atoms with Crippen molar-refractivity contribution in [1.82, 2.24) is 32.9 Å². The fourth-order valence-electron chi connectivity index (χ4n) is 3.14. The fourth-order valence-corrected chi connectivity index (χ4v) is 24.8. The summed E-state index contributed by atoms with van der Waals surface area (Å²) >= 11 is 0. The summed E-state index contributed by atoms with van der Waals surface area (Å²) in [5.41, 5.74) is 0. The van der Waals surface area contributed by atoms with Crippen LogP contribution in [-0.4, -0.2) is 112 Å². The van der Waals surface area contributed by atoms with Gasteiger partial charge >= 0.3 is 0 Å². The molecule has 0 saturated heterocycles. The maximum atomic E-state index is 5.49. The maximum absolute atomic E-state index is 5.49. The van der Waals surface area contributed by atoms with Crippen molar-refractivity contribution >= 4 is 30.0 Å². The zero-order valence-corrected chi connectivity index (χ0v) is 22.3. The van der Waals surface area contributed by atoms with Gasteiger partial charge in [-0.25, -0.2) is 23.4 Å². The van der Waals surface area contributed by atoms with Gasteiger partial charge in [0, 0.05) is 7.05 Å². The zero-order chi connectivity index (χ0) is 21.0. The van der Waals surface area contributed by atoms with Gasteiger partial charge in [0.15, 0.2) is 0 Å². The van der Waals surface area contributed by atoms with Gasteiger partial charge in [-0.15, -0.1) is 0 Å². The molecule has 2 bridgehead atoms. The van der Waals surface area contributed by atoms with Crippen molar-refractivity contribution in [3.63, 3.8) is 0 Å². The Morgan fingerprint density at radius 3 is 1.33 bits per heavy atom. The highest BCUT2D eigenvalue weighted by atomic mass is 31.3. The van der Waals surface area contributed by atoms with Crippen molar-refractivity contribution < 1.29 is 0 Å². The van der Waals surface area contributed by atoms with Gasteiger partial charge in [0.25, 0.3) is 0 Å². The second kappa shape index (κ2) is 7.72. The third-order valence-corrected chi connectivity index (χ3v) is 21.5. The minimum atomic E-state index is -2.40. The van der Waals surface area contributed by atoms with Crippen LogP contribution in [0.15, 0.2) is 18.1 Å². The van der Waals surface area contributed by atoms with Gasteiger partial charge in [-0.2, -0.15) is 22.5 Å². The second-order valence-corrected chi connectivity index (χ2v) is 20.7. The van der Waals surface area contributed by atoms with Crippen LogP contribution in [0.5, 0.6) is 0 Å². The van der Waals surface area contributed by atoms with Crippen LogP contribution in [0.3, 0.4) is 0 Å². The molecule has 2 unspecified atom stereocenters. The first-order valence-electron chi connectivity index (χ1n) is 8.64. The summed E-state index contributed by atoms with van der Waals surface area (Å²) in [6.07, 6.45) is 0. The molecule has 0 aromatic heterocycles. The van der Waals surface area contributed by atoms with E-state index < -0.39 is 30.0 Å². The predicted octanol–water partition coefficient (Wildman–Crippen LogP) is 3.76. The number of nitrogens with one attached hydrogen (secondary N) is 1. The lowest BCUT2D eigenvalue weighted by atomic mass is 11.3. The van der Waals surface area contributed by atoms with Crippen molar-refractivity contribution in [1.29, 1.82) is 0 Å². The molecule has 0 aliphatic carbocycles.